The van der Waals surface area contributed by atoms with Crippen LogP contribution in [0.4, 0.5) is 0 Å². The summed E-state index contributed by atoms with van der Waals surface area (Å²) in [5, 5.41) is 7.59. The third-order valence-electron chi connectivity index (χ3n) is 6.63. The van der Waals surface area contributed by atoms with Gasteiger partial charge in [0.2, 0.25) is 0 Å². The number of carbonyl (C=O) groups is 3. The number of aliphatic hydroxyl groups is 1. The van der Waals surface area contributed by atoms with Gasteiger partial charge in [-0.3, -0.25) is 14.4 Å². The van der Waals surface area contributed by atoms with Crippen LogP contribution in [-0.4, -0.2) is 67.7 Å². The summed E-state index contributed by atoms with van der Waals surface area (Å²) in [6, 6.07) is 0. The number of carbonyl (C=O) groups excluding carboxylic acids is 3. The second-order valence-electron chi connectivity index (χ2n) is 10.1. The van der Waals surface area contributed by atoms with Crippen molar-refractivity contribution in [3.8, 4) is 0 Å². The van der Waals surface area contributed by atoms with E-state index in [4.69, 9.17) is 14.2 Å². The summed E-state index contributed by atoms with van der Waals surface area (Å²) in [6.45, 7) is 0.140. The maximum atomic E-state index is 12.2. The van der Waals surface area contributed by atoms with Crippen molar-refractivity contribution in [2.45, 2.75) is 115 Å². The maximum absolute atomic E-state index is 12.2. The molecular weight excluding hydrogens is 527 g/mol. The van der Waals surface area contributed by atoms with Crippen LogP contribution in [0.1, 0.15) is 110 Å². The van der Waals surface area contributed by atoms with Gasteiger partial charge in [-0.05, 0) is 6.42 Å². The molecular formula is C26H45NaO10S. The van der Waals surface area contributed by atoms with Crippen molar-refractivity contribution in [3.05, 3.63) is 0 Å². The summed E-state index contributed by atoms with van der Waals surface area (Å²) in [4.78, 5) is 36.0. The summed E-state index contributed by atoms with van der Waals surface area (Å²) >= 11 is 0. The van der Waals surface area contributed by atoms with Gasteiger partial charge in [-0.2, -0.15) is 0 Å². The molecule has 1 saturated heterocycles. The first kappa shape index (κ1) is 37.3. The molecule has 0 spiro atoms. The van der Waals surface area contributed by atoms with Gasteiger partial charge >= 0.3 is 47.5 Å². The second-order valence-corrected chi connectivity index (χ2v) is 11.7. The summed E-state index contributed by atoms with van der Waals surface area (Å²) < 4.78 is 48.8. The van der Waals surface area contributed by atoms with Gasteiger partial charge in [0.05, 0.1) is 18.4 Å². The third-order valence-corrected chi connectivity index (χ3v) is 7.69. The van der Waals surface area contributed by atoms with Gasteiger partial charge in [0.1, 0.15) is 29.9 Å². The number of hydrogen-bond donors (Lipinski definition) is 1. The monoisotopic (exact) mass is 572 g/mol. The minimum atomic E-state index is -5.14. The molecule has 1 N–H and O–H groups in total. The number of hydrogen-bond acceptors (Lipinski definition) is 10. The first-order valence-corrected chi connectivity index (χ1v) is 15.1. The van der Waals surface area contributed by atoms with Crippen LogP contribution < -0.4 is 29.6 Å². The van der Waals surface area contributed by atoms with Crippen LogP contribution in [-0.2, 0) is 38.7 Å². The van der Waals surface area contributed by atoms with Gasteiger partial charge in [0, 0.05) is 6.42 Å². The van der Waals surface area contributed by atoms with Crippen LogP contribution in [0.25, 0.3) is 0 Å². The van der Waals surface area contributed by atoms with E-state index < -0.39 is 71.5 Å². The van der Waals surface area contributed by atoms with E-state index in [2.05, 4.69) is 6.92 Å². The molecule has 1 rings (SSSR count). The Hall–Kier alpha value is -0.720. The minimum absolute atomic E-state index is 0. The Balaban J connectivity index is 0.0000137. The van der Waals surface area contributed by atoms with Crippen LogP contribution in [0.5, 0.6) is 0 Å². The molecule has 216 valence electrons. The summed E-state index contributed by atoms with van der Waals surface area (Å²) in [5.41, 5.74) is -1.45. The Morgan fingerprint density at radius 1 is 0.921 bits per heavy atom. The van der Waals surface area contributed by atoms with Gasteiger partial charge in [-0.25, -0.2) is 8.42 Å². The van der Waals surface area contributed by atoms with E-state index >= 15 is 0 Å². The Morgan fingerprint density at radius 3 is 1.87 bits per heavy atom. The largest absolute Gasteiger partial charge is 1.00 e. The summed E-state index contributed by atoms with van der Waals surface area (Å²) in [5.74, 6) is -3.00. The molecule has 0 radical (unpaired) electrons. The van der Waals surface area contributed by atoms with Crippen LogP contribution >= 0.6 is 0 Å². The van der Waals surface area contributed by atoms with E-state index in [9.17, 15) is 32.5 Å². The van der Waals surface area contributed by atoms with E-state index in [-0.39, 0.29) is 36.0 Å². The average Bonchev–Trinajstić information content (AvgIpc) is 2.92. The first-order valence-electron chi connectivity index (χ1n) is 13.7. The second kappa shape index (κ2) is 21.1. The molecule has 1 aliphatic rings. The predicted molar refractivity (Wildman–Crippen MR) is 135 cm³/mol. The number of esters is 3. The SMILES string of the molecule is CCCCCCCCCCCCCCCCC(=O)OCC1(CO)COC(=O)CC(S(=O)(=O)[O-])C(=O)OC1.[Na+]. The minimum Gasteiger partial charge on any atom is -0.747 e. The number of cyclic esters (lactones) is 2. The fourth-order valence-corrected chi connectivity index (χ4v) is 4.74. The van der Waals surface area contributed by atoms with Crippen molar-refractivity contribution in [2.24, 2.45) is 5.41 Å². The molecule has 0 aromatic heterocycles. The molecule has 0 bridgehead atoms. The normalized spacial score (nSPS) is 20.3. The van der Waals surface area contributed by atoms with Gasteiger partial charge in [0.15, 0.2) is 5.25 Å². The van der Waals surface area contributed by atoms with Gasteiger partial charge in [-0.15, -0.1) is 0 Å². The Bertz CT molecular complexity index is 789. The van der Waals surface area contributed by atoms with Crippen molar-refractivity contribution >= 4 is 28.0 Å². The Morgan fingerprint density at radius 2 is 1.39 bits per heavy atom. The van der Waals surface area contributed by atoms with Crippen LogP contribution in [0, 0.1) is 5.41 Å². The molecule has 1 aliphatic heterocycles. The zero-order valence-corrected chi connectivity index (χ0v) is 26.1. The van der Waals surface area contributed by atoms with Crippen molar-refractivity contribution in [3.63, 3.8) is 0 Å². The van der Waals surface area contributed by atoms with Gasteiger partial charge < -0.3 is 23.9 Å². The van der Waals surface area contributed by atoms with Crippen LogP contribution in [0.15, 0.2) is 0 Å². The molecule has 1 heterocycles. The van der Waals surface area contributed by atoms with Crippen molar-refractivity contribution in [1.29, 1.82) is 0 Å². The van der Waals surface area contributed by atoms with E-state index in [0.717, 1.165) is 19.3 Å². The van der Waals surface area contributed by atoms with Crippen LogP contribution in [0.2, 0.25) is 0 Å². The smallest absolute Gasteiger partial charge is 0.747 e. The van der Waals surface area contributed by atoms with Crippen molar-refractivity contribution in [1.82, 2.24) is 0 Å². The number of aliphatic hydroxyl groups excluding tert-OH is 1. The molecule has 12 heteroatoms. The zero-order chi connectivity index (χ0) is 27.6. The maximum Gasteiger partial charge on any atom is 1.00 e. The molecule has 0 aromatic carbocycles. The van der Waals surface area contributed by atoms with Crippen molar-refractivity contribution < 1.29 is 76.2 Å². The van der Waals surface area contributed by atoms with Crippen molar-refractivity contribution in [2.75, 3.05) is 26.4 Å². The summed E-state index contributed by atoms with van der Waals surface area (Å²) in [7, 11) is -5.14. The quantitative estimate of drug-likeness (QED) is 0.0772. The molecule has 0 aromatic rings. The number of ether oxygens (including phenoxy) is 3. The Kier molecular flexibility index (Phi) is 20.7. The number of unbranched alkanes of at least 4 members (excludes halogenated alkanes) is 13. The van der Waals surface area contributed by atoms with Gasteiger partial charge in [0.25, 0.3) is 0 Å². The zero-order valence-electron chi connectivity index (χ0n) is 23.2. The molecule has 0 amide bonds. The standard InChI is InChI=1S/C26H46O10S.Na/c1-2-3-4-5-6-7-8-9-10-11-12-13-14-15-16-23(28)34-19-26(18-27)20-35-24(29)17-22(37(31,32)33)25(30)36-21-26;/h22,27H,2-21H2,1H3,(H,31,32,33);/q;+1/p-1. The topological polar surface area (TPSA) is 156 Å². The van der Waals surface area contributed by atoms with E-state index in [1.807, 2.05) is 0 Å². The molecule has 1 fully saturated rings. The number of rotatable bonds is 19. The fourth-order valence-electron chi connectivity index (χ4n) is 4.10. The first-order chi connectivity index (χ1) is 17.6. The molecule has 10 nitrogen and oxygen atoms in total. The molecule has 0 saturated carbocycles. The fraction of sp³-hybridized carbons (Fsp3) is 0.885. The average molecular weight is 573 g/mol. The summed E-state index contributed by atoms with van der Waals surface area (Å²) in [6.07, 6.45) is 16.0. The molecule has 38 heavy (non-hydrogen) atoms. The van der Waals surface area contributed by atoms with Crippen LogP contribution in [0.3, 0.4) is 0 Å². The van der Waals surface area contributed by atoms with Gasteiger partial charge in [-0.1, -0.05) is 90.4 Å². The predicted octanol–water partition coefficient (Wildman–Crippen LogP) is 0.788. The van der Waals surface area contributed by atoms with E-state index in [1.54, 1.807) is 0 Å². The third kappa shape index (κ3) is 16.4. The molecule has 2 atom stereocenters. The van der Waals surface area contributed by atoms with E-state index in [0.29, 0.717) is 6.42 Å². The van der Waals surface area contributed by atoms with E-state index in [1.165, 1.54) is 64.2 Å². The Labute approximate surface area is 250 Å². The molecule has 0 aliphatic carbocycles. The molecule has 2 unspecified atom stereocenters.